The van der Waals surface area contributed by atoms with Crippen LogP contribution >= 0.6 is 0 Å². The van der Waals surface area contributed by atoms with Gasteiger partial charge in [-0.15, -0.1) is 0 Å². The molecule has 4 saturated carbocycles. The Hall–Kier alpha value is -5.34. The van der Waals surface area contributed by atoms with Gasteiger partial charge in [0.15, 0.2) is 0 Å². The number of nitrogens with two attached hydrogens (primary N) is 4. The van der Waals surface area contributed by atoms with E-state index in [-0.39, 0.29) is 79.1 Å². The van der Waals surface area contributed by atoms with Crippen molar-refractivity contribution in [3.63, 3.8) is 0 Å². The molecule has 0 bridgehead atoms. The molecular weight excluding hydrogens is 947 g/mol. The number of hydrogen-bond donors (Lipinski definition) is 11. The minimum atomic E-state index is -0.518. The molecule has 15 N–H and O–H groups in total. The molecule has 0 spiro atoms. The highest BCUT2D eigenvalue weighted by atomic mass is 16.5. The smallest absolute Gasteiger partial charge is 0.225 e. The van der Waals surface area contributed by atoms with E-state index in [1.165, 1.54) is 0 Å². The van der Waals surface area contributed by atoms with E-state index < -0.39 is 59.8 Å². The lowest BCUT2D eigenvalue weighted by atomic mass is 9.97. The van der Waals surface area contributed by atoms with Crippen LogP contribution in [-0.2, 0) is 44.8 Å². The van der Waals surface area contributed by atoms with Crippen molar-refractivity contribution < 1.29 is 43.1 Å². The van der Waals surface area contributed by atoms with Gasteiger partial charge in [-0.3, -0.25) is 38.4 Å². The largest absolute Gasteiger partial charge is 0.497 e. The second kappa shape index (κ2) is 31.5. The molecule has 0 heterocycles. The van der Waals surface area contributed by atoms with E-state index in [4.69, 9.17) is 27.7 Å². The lowest BCUT2D eigenvalue weighted by molar-refractivity contribution is -0.130. The van der Waals surface area contributed by atoms with E-state index in [0.29, 0.717) is 122 Å². The molecule has 4 fully saturated rings. The number of rotatable bonds is 32. The number of carbonyl (C=O) groups is 8. The van der Waals surface area contributed by atoms with Crippen molar-refractivity contribution in [2.75, 3.05) is 26.7 Å². The van der Waals surface area contributed by atoms with E-state index in [0.717, 1.165) is 44.1 Å². The standard InChI is InChI=1S/C54H89N11O9/c1-74-38-25-23-34(24-26-38)30-47(66)63-44-20-9-16-40(44)52(71)60-36(13-3-6-28-56)32-49(68)65-46-22-11-18-42(46)54(73)61-37(14-4-7-29-57)33-50(69)64-45-21-10-17-41(45)53(72)59-35(12-2-5-27-55)31-48(67)62-43-19-8-15-39(43)51(58)70/h23-26,35-37,39-46H,2-22,27-33,55-57H2,1H3,(H2,58,70)(H,59,72)(H,60,71)(H,61,73)(H,62,67)(H,63,66)(H,64,69)(H,65,68)/t35-,36-,37-,39-,40-,41-,42-,43-,44-,45-,46-/m1/s1. The normalized spacial score (nSPS) is 24.5. The highest BCUT2D eigenvalue weighted by Gasteiger charge is 2.39. The minimum absolute atomic E-state index is 0.00136. The van der Waals surface area contributed by atoms with Crippen molar-refractivity contribution in [1.82, 2.24) is 37.2 Å². The fraction of sp³-hybridized carbons (Fsp3) is 0.741. The number of unbranched alkanes of at least 4 members (excludes halogenated alkanes) is 3. The summed E-state index contributed by atoms with van der Waals surface area (Å²) in [5.41, 5.74) is 23.8. The molecule has 8 amide bonds. The number of primary amides is 1. The van der Waals surface area contributed by atoms with Crippen LogP contribution < -0.4 is 64.9 Å². The maximum atomic E-state index is 14.1. The zero-order valence-electron chi connectivity index (χ0n) is 43.9. The maximum absolute atomic E-state index is 14.1. The molecule has 1 aromatic carbocycles. The van der Waals surface area contributed by atoms with E-state index >= 15 is 0 Å². The average Bonchev–Trinajstić information content (AvgIpc) is 4.21. The fourth-order valence-electron chi connectivity index (χ4n) is 11.7. The van der Waals surface area contributed by atoms with Crippen LogP contribution in [0.3, 0.4) is 0 Å². The van der Waals surface area contributed by atoms with E-state index in [1.54, 1.807) is 19.2 Å². The topological polar surface area (TPSA) is 334 Å². The van der Waals surface area contributed by atoms with Gasteiger partial charge in [-0.05, 0) is 127 Å². The summed E-state index contributed by atoms with van der Waals surface area (Å²) in [5.74, 6) is -3.23. The van der Waals surface area contributed by atoms with Gasteiger partial charge in [0.05, 0.1) is 37.2 Å². The predicted octanol–water partition coefficient (Wildman–Crippen LogP) is 1.87. The zero-order chi connectivity index (χ0) is 53.4. The third-order valence-electron chi connectivity index (χ3n) is 15.7. The summed E-state index contributed by atoms with van der Waals surface area (Å²) in [6.07, 6.45) is 14.1. The van der Waals surface area contributed by atoms with Crippen LogP contribution in [0.2, 0.25) is 0 Å². The predicted molar refractivity (Wildman–Crippen MR) is 281 cm³/mol. The first-order valence-electron chi connectivity index (χ1n) is 27.8. The molecule has 1 aromatic rings. The highest BCUT2D eigenvalue weighted by Crippen LogP contribution is 2.30. The lowest BCUT2D eigenvalue weighted by Crippen LogP contribution is -2.51. The summed E-state index contributed by atoms with van der Waals surface area (Å²) in [6, 6.07) is 4.36. The van der Waals surface area contributed by atoms with Crippen LogP contribution in [0.1, 0.15) is 160 Å². The van der Waals surface area contributed by atoms with Crippen LogP contribution in [0.15, 0.2) is 24.3 Å². The third-order valence-corrected chi connectivity index (χ3v) is 15.7. The molecular formula is C54H89N11O9. The maximum Gasteiger partial charge on any atom is 0.225 e. The van der Waals surface area contributed by atoms with Gasteiger partial charge >= 0.3 is 0 Å². The number of hydrogen-bond acceptors (Lipinski definition) is 12. The summed E-state index contributed by atoms with van der Waals surface area (Å²) in [6.45, 7) is 1.42. The number of amides is 8. The number of ether oxygens (including phenoxy) is 1. The van der Waals surface area contributed by atoms with Gasteiger partial charge in [0.2, 0.25) is 47.3 Å². The zero-order valence-corrected chi connectivity index (χ0v) is 43.9. The molecule has 74 heavy (non-hydrogen) atoms. The molecule has 0 radical (unpaired) electrons. The molecule has 20 heteroatoms. The first-order valence-corrected chi connectivity index (χ1v) is 27.8. The Kier molecular flexibility index (Phi) is 25.4. The quantitative estimate of drug-likeness (QED) is 0.0461. The van der Waals surface area contributed by atoms with Gasteiger partial charge in [-0.1, -0.05) is 57.1 Å². The molecule has 0 aromatic heterocycles. The molecule has 0 aliphatic heterocycles. The summed E-state index contributed by atoms with van der Waals surface area (Å²) >= 11 is 0. The van der Waals surface area contributed by atoms with Gasteiger partial charge in [0, 0.05) is 61.6 Å². The van der Waals surface area contributed by atoms with Gasteiger partial charge in [-0.2, -0.15) is 0 Å². The molecule has 11 atom stereocenters. The van der Waals surface area contributed by atoms with E-state index in [2.05, 4.69) is 37.2 Å². The summed E-state index contributed by atoms with van der Waals surface area (Å²) in [4.78, 5) is 107. The van der Waals surface area contributed by atoms with Crippen molar-refractivity contribution in [2.24, 2.45) is 46.6 Å². The number of benzene rings is 1. The Bertz CT molecular complexity index is 1990. The van der Waals surface area contributed by atoms with Gasteiger partial charge in [0.25, 0.3) is 0 Å². The van der Waals surface area contributed by atoms with Crippen LogP contribution in [0.5, 0.6) is 5.75 Å². The van der Waals surface area contributed by atoms with E-state index in [9.17, 15) is 38.4 Å². The molecule has 4 aliphatic rings. The first kappa shape index (κ1) is 59.5. The Labute approximate surface area is 438 Å². The Balaban J connectivity index is 1.13. The fourth-order valence-corrected chi connectivity index (χ4v) is 11.7. The first-order chi connectivity index (χ1) is 35.7. The van der Waals surface area contributed by atoms with E-state index in [1.807, 2.05) is 12.1 Å². The van der Waals surface area contributed by atoms with Gasteiger partial charge < -0.3 is 64.9 Å². The second-order valence-corrected chi connectivity index (χ2v) is 21.4. The number of nitrogens with one attached hydrogen (secondary N) is 7. The average molecular weight is 1040 g/mol. The minimum Gasteiger partial charge on any atom is -0.497 e. The van der Waals surface area contributed by atoms with Crippen molar-refractivity contribution in [1.29, 1.82) is 0 Å². The molecule has 20 nitrogen and oxygen atoms in total. The van der Waals surface area contributed by atoms with Gasteiger partial charge in [-0.25, -0.2) is 0 Å². The Morgan fingerprint density at radius 3 is 1.12 bits per heavy atom. The number of carbonyl (C=O) groups excluding carboxylic acids is 8. The SMILES string of the molecule is COc1ccc(CC(=O)N[C@@H]2CCC[C@H]2C(=O)N[C@H](CCCCN)CC(=O)N[C@@H]2CCC[C@H]2C(=O)N[C@H](CCCCN)CC(=O)N[C@@H]2CCC[C@H]2C(=O)N[C@H](CCCCN)CC(=O)N[C@@H]2CCC[C@H]2C(N)=O)cc1. The summed E-state index contributed by atoms with van der Waals surface area (Å²) in [7, 11) is 1.58. The number of methoxy groups -OCH3 is 1. The van der Waals surface area contributed by atoms with Crippen molar-refractivity contribution in [3.8, 4) is 5.75 Å². The molecule has 5 rings (SSSR count). The monoisotopic (exact) mass is 1040 g/mol. The highest BCUT2D eigenvalue weighted by molar-refractivity contribution is 5.87. The molecule has 0 unspecified atom stereocenters. The van der Waals surface area contributed by atoms with Crippen molar-refractivity contribution >= 4 is 47.3 Å². The third kappa shape index (κ3) is 19.4. The molecule has 4 aliphatic carbocycles. The molecule has 0 saturated heterocycles. The summed E-state index contributed by atoms with van der Waals surface area (Å²) in [5, 5.41) is 21.6. The summed E-state index contributed by atoms with van der Waals surface area (Å²) < 4.78 is 5.22. The van der Waals surface area contributed by atoms with Crippen LogP contribution in [0, 0.1) is 23.7 Å². The molecule has 414 valence electrons. The van der Waals surface area contributed by atoms with Crippen LogP contribution in [0.25, 0.3) is 0 Å². The lowest BCUT2D eigenvalue weighted by Gasteiger charge is -2.27. The second-order valence-electron chi connectivity index (χ2n) is 21.4. The van der Waals surface area contributed by atoms with Gasteiger partial charge in [0.1, 0.15) is 5.75 Å². The van der Waals surface area contributed by atoms with Crippen molar-refractivity contribution in [3.05, 3.63) is 29.8 Å². The van der Waals surface area contributed by atoms with Crippen LogP contribution in [0.4, 0.5) is 0 Å². The van der Waals surface area contributed by atoms with Crippen molar-refractivity contribution in [2.45, 2.75) is 203 Å². The van der Waals surface area contributed by atoms with Crippen LogP contribution in [-0.4, -0.2) is 116 Å². The Morgan fingerprint density at radius 2 is 0.797 bits per heavy atom. The Morgan fingerprint density at radius 1 is 0.473 bits per heavy atom.